The van der Waals surface area contributed by atoms with Crippen LogP contribution in [0, 0.1) is 0 Å². The lowest BCUT2D eigenvalue weighted by Crippen LogP contribution is -1.76. The van der Waals surface area contributed by atoms with Crippen LogP contribution in [0.4, 0.5) is 0 Å². The molecule has 0 aromatic carbocycles. The highest BCUT2D eigenvalue weighted by Gasteiger charge is 1.86. The Morgan fingerprint density at radius 2 is 1.67 bits per heavy atom. The van der Waals surface area contributed by atoms with Gasteiger partial charge >= 0.3 is 0 Å². The van der Waals surface area contributed by atoms with Crippen molar-refractivity contribution < 1.29 is 0 Å². The fourth-order valence-corrected chi connectivity index (χ4v) is 0.744. The van der Waals surface area contributed by atoms with Crippen LogP contribution in [0.2, 0.25) is 0 Å². The molecule has 0 saturated heterocycles. The van der Waals surface area contributed by atoms with E-state index in [1.54, 1.807) is 0 Å². The summed E-state index contributed by atoms with van der Waals surface area (Å²) in [6.45, 7) is 10.4. The molecule has 0 unspecified atom stereocenters. The van der Waals surface area contributed by atoms with Crippen molar-refractivity contribution in [2.75, 3.05) is 0 Å². The standard InChI is InChI=1S/C7H10.C3H8.C2H6/c1-7-5-3-2-4-6-7;1-3-2;1-2/h3,5-6H,2,4H2,1H3;3H2,1-2H3;1-2H3. The van der Waals surface area contributed by atoms with Crippen LogP contribution in [0.1, 0.15) is 53.9 Å². The van der Waals surface area contributed by atoms with E-state index in [9.17, 15) is 0 Å². The maximum atomic E-state index is 2.26. The Balaban J connectivity index is 0. The summed E-state index contributed by atoms with van der Waals surface area (Å²) in [6, 6.07) is 0. The van der Waals surface area contributed by atoms with Gasteiger partial charge in [-0.05, 0) is 19.8 Å². The monoisotopic (exact) mass is 168 g/mol. The van der Waals surface area contributed by atoms with Gasteiger partial charge in [-0.25, -0.2) is 0 Å². The van der Waals surface area contributed by atoms with Crippen molar-refractivity contribution in [2.24, 2.45) is 0 Å². The Bertz CT molecular complexity index is 118. The van der Waals surface area contributed by atoms with Crippen molar-refractivity contribution in [3.63, 3.8) is 0 Å². The first-order chi connectivity index (χ1) is 5.81. The molecule has 0 heteroatoms. The molecule has 0 fully saturated rings. The lowest BCUT2D eigenvalue weighted by Gasteiger charge is -1.96. The number of allylic oxidation sites excluding steroid dienone is 4. The zero-order valence-corrected chi connectivity index (χ0v) is 9.35. The van der Waals surface area contributed by atoms with Gasteiger partial charge in [0.1, 0.15) is 0 Å². The second kappa shape index (κ2) is 13.1. The third kappa shape index (κ3) is 12.2. The lowest BCUT2D eigenvalue weighted by atomic mass is 10.1. The highest BCUT2D eigenvalue weighted by Crippen LogP contribution is 2.06. The molecule has 0 N–H and O–H groups in total. The molecule has 0 heterocycles. The van der Waals surface area contributed by atoms with Gasteiger partial charge in [0.2, 0.25) is 0 Å². The first-order valence-corrected chi connectivity index (χ1v) is 5.14. The lowest BCUT2D eigenvalue weighted by molar-refractivity contribution is 1.02. The molecule has 0 atom stereocenters. The van der Waals surface area contributed by atoms with Gasteiger partial charge in [0.15, 0.2) is 0 Å². The first kappa shape index (κ1) is 14.0. The Morgan fingerprint density at radius 1 is 1.17 bits per heavy atom. The molecule has 0 bridgehead atoms. The molecule has 72 valence electrons. The Kier molecular flexibility index (Phi) is 15.3. The smallest absolute Gasteiger partial charge is 0.0310 e. The molecule has 1 rings (SSSR count). The van der Waals surface area contributed by atoms with Crippen molar-refractivity contribution in [3.8, 4) is 0 Å². The molecule has 0 aromatic heterocycles. The van der Waals surface area contributed by atoms with Gasteiger partial charge in [0.05, 0.1) is 0 Å². The van der Waals surface area contributed by atoms with Crippen LogP contribution in [-0.2, 0) is 0 Å². The highest BCUT2D eigenvalue weighted by atomic mass is 13.9. The molecule has 0 nitrogen and oxygen atoms in total. The summed E-state index contributed by atoms with van der Waals surface area (Å²) in [6.07, 6.45) is 10.4. The Morgan fingerprint density at radius 3 is 1.83 bits per heavy atom. The predicted octanol–water partition coefficient (Wildman–Crippen LogP) is 4.73. The summed E-state index contributed by atoms with van der Waals surface area (Å²) < 4.78 is 0. The van der Waals surface area contributed by atoms with Crippen LogP contribution in [0.25, 0.3) is 0 Å². The molecule has 0 amide bonds. The number of rotatable bonds is 0. The molecular weight excluding hydrogens is 144 g/mol. The first-order valence-electron chi connectivity index (χ1n) is 5.14. The Hall–Kier alpha value is -0.520. The van der Waals surface area contributed by atoms with E-state index in [-0.39, 0.29) is 0 Å². The van der Waals surface area contributed by atoms with Gasteiger partial charge in [-0.1, -0.05) is 57.9 Å². The highest BCUT2D eigenvalue weighted by molar-refractivity contribution is 5.18. The molecule has 0 saturated carbocycles. The summed E-state index contributed by atoms with van der Waals surface area (Å²) in [7, 11) is 0. The van der Waals surface area contributed by atoms with Crippen molar-refractivity contribution in [1.82, 2.24) is 0 Å². The Labute approximate surface area is 78.4 Å². The number of hydrogen-bond donors (Lipinski definition) is 0. The molecule has 0 radical (unpaired) electrons. The van der Waals surface area contributed by atoms with Crippen LogP contribution in [0.3, 0.4) is 0 Å². The molecule has 12 heavy (non-hydrogen) atoms. The van der Waals surface area contributed by atoms with Gasteiger partial charge < -0.3 is 0 Å². The summed E-state index contributed by atoms with van der Waals surface area (Å²) in [5.41, 5.74) is 1.41. The average Bonchev–Trinajstić information content (AvgIpc) is 2.11. The van der Waals surface area contributed by atoms with E-state index in [0.29, 0.717) is 0 Å². The van der Waals surface area contributed by atoms with Gasteiger partial charge in [-0.15, -0.1) is 0 Å². The normalized spacial score (nSPS) is 13.2. The maximum absolute atomic E-state index is 2.26. The third-order valence-electron chi connectivity index (χ3n) is 1.18. The van der Waals surface area contributed by atoms with Crippen molar-refractivity contribution in [2.45, 2.75) is 53.9 Å². The van der Waals surface area contributed by atoms with Crippen LogP contribution in [0.5, 0.6) is 0 Å². The predicted molar refractivity (Wildman–Crippen MR) is 59.4 cm³/mol. The van der Waals surface area contributed by atoms with E-state index in [1.807, 2.05) is 13.8 Å². The van der Waals surface area contributed by atoms with Gasteiger partial charge in [0.25, 0.3) is 0 Å². The van der Waals surface area contributed by atoms with Crippen LogP contribution < -0.4 is 0 Å². The minimum atomic E-state index is 1.23. The van der Waals surface area contributed by atoms with Gasteiger partial charge in [-0.3, -0.25) is 0 Å². The zero-order chi connectivity index (χ0) is 9.82. The average molecular weight is 168 g/mol. The minimum absolute atomic E-state index is 1.23. The second-order valence-electron chi connectivity index (χ2n) is 2.63. The molecular formula is C12H24. The van der Waals surface area contributed by atoms with E-state index in [2.05, 4.69) is 39.0 Å². The topological polar surface area (TPSA) is 0 Å². The van der Waals surface area contributed by atoms with Crippen molar-refractivity contribution in [3.05, 3.63) is 23.8 Å². The van der Waals surface area contributed by atoms with Gasteiger partial charge in [0, 0.05) is 0 Å². The summed E-state index contributed by atoms with van der Waals surface area (Å²) in [4.78, 5) is 0. The quantitative estimate of drug-likeness (QED) is 0.490. The molecule has 1 aliphatic carbocycles. The third-order valence-corrected chi connectivity index (χ3v) is 1.18. The SMILES string of the molecule is CC.CC1=CCCC=C1.CCC. The van der Waals surface area contributed by atoms with Crippen molar-refractivity contribution in [1.29, 1.82) is 0 Å². The van der Waals surface area contributed by atoms with Crippen LogP contribution >= 0.6 is 0 Å². The number of hydrogen-bond acceptors (Lipinski definition) is 0. The van der Waals surface area contributed by atoms with E-state index in [0.717, 1.165) is 0 Å². The largest absolute Gasteiger partial charge is 0.0840 e. The summed E-state index contributed by atoms with van der Waals surface area (Å²) >= 11 is 0. The fourth-order valence-electron chi connectivity index (χ4n) is 0.744. The second-order valence-corrected chi connectivity index (χ2v) is 2.63. The summed E-state index contributed by atoms with van der Waals surface area (Å²) in [5.74, 6) is 0. The molecule has 1 aliphatic rings. The van der Waals surface area contributed by atoms with Gasteiger partial charge in [-0.2, -0.15) is 0 Å². The van der Waals surface area contributed by atoms with E-state index in [4.69, 9.17) is 0 Å². The van der Waals surface area contributed by atoms with Crippen molar-refractivity contribution >= 4 is 0 Å². The van der Waals surface area contributed by atoms with E-state index < -0.39 is 0 Å². The van der Waals surface area contributed by atoms with E-state index >= 15 is 0 Å². The molecule has 0 aliphatic heterocycles. The molecule has 0 spiro atoms. The zero-order valence-electron chi connectivity index (χ0n) is 9.35. The maximum Gasteiger partial charge on any atom is -0.0310 e. The summed E-state index contributed by atoms with van der Waals surface area (Å²) in [5, 5.41) is 0. The van der Waals surface area contributed by atoms with Crippen LogP contribution in [0.15, 0.2) is 23.8 Å². The minimum Gasteiger partial charge on any atom is -0.0840 e. The van der Waals surface area contributed by atoms with Crippen LogP contribution in [-0.4, -0.2) is 0 Å². The molecule has 0 aromatic rings. The van der Waals surface area contributed by atoms with E-state index in [1.165, 1.54) is 24.8 Å². The fraction of sp³-hybridized carbons (Fsp3) is 0.667.